The zero-order valence-corrected chi connectivity index (χ0v) is 7.53. The van der Waals surface area contributed by atoms with Crippen LogP contribution in [-0.4, -0.2) is 6.29 Å². The molecule has 0 aliphatic heterocycles. The standard InChI is InChI=1S/C11H11NO/c1-9(6-7-13)11-5-3-2-4-10(11)8-12/h2-5,7,9H,6H2,1H3. The van der Waals surface area contributed by atoms with E-state index in [1.807, 2.05) is 25.1 Å². The van der Waals surface area contributed by atoms with Gasteiger partial charge in [-0.2, -0.15) is 5.26 Å². The SMILES string of the molecule is CC(CC=O)c1ccccc1C#N. The molecule has 0 saturated carbocycles. The first kappa shape index (κ1) is 9.47. The van der Waals surface area contributed by atoms with Gasteiger partial charge in [-0.05, 0) is 17.5 Å². The lowest BCUT2D eigenvalue weighted by atomic mass is 9.94. The molecule has 0 saturated heterocycles. The molecule has 0 heterocycles. The molecule has 0 aliphatic carbocycles. The van der Waals surface area contributed by atoms with Crippen LogP contribution in [0.2, 0.25) is 0 Å². The molecule has 1 rings (SSSR count). The Morgan fingerprint density at radius 3 is 2.85 bits per heavy atom. The Balaban J connectivity index is 2.99. The molecule has 0 aromatic heterocycles. The number of carbonyl (C=O) groups is 1. The van der Waals surface area contributed by atoms with Gasteiger partial charge in [0.15, 0.2) is 0 Å². The number of aldehydes is 1. The van der Waals surface area contributed by atoms with Crippen molar-refractivity contribution in [3.8, 4) is 6.07 Å². The number of benzene rings is 1. The highest BCUT2D eigenvalue weighted by molar-refractivity contribution is 5.52. The lowest BCUT2D eigenvalue weighted by molar-refractivity contribution is -0.108. The summed E-state index contributed by atoms with van der Waals surface area (Å²) in [6, 6.07) is 9.50. The van der Waals surface area contributed by atoms with Gasteiger partial charge >= 0.3 is 0 Å². The third kappa shape index (κ3) is 2.16. The number of hydrogen-bond acceptors (Lipinski definition) is 2. The number of hydrogen-bond donors (Lipinski definition) is 0. The molecule has 1 aromatic carbocycles. The topological polar surface area (TPSA) is 40.9 Å². The van der Waals surface area contributed by atoms with Crippen molar-refractivity contribution in [2.24, 2.45) is 0 Å². The quantitative estimate of drug-likeness (QED) is 0.658. The highest BCUT2D eigenvalue weighted by Gasteiger charge is 2.08. The van der Waals surface area contributed by atoms with Gasteiger partial charge in [-0.15, -0.1) is 0 Å². The average Bonchev–Trinajstić information content (AvgIpc) is 2.18. The van der Waals surface area contributed by atoms with Crippen LogP contribution >= 0.6 is 0 Å². The van der Waals surface area contributed by atoms with E-state index in [1.54, 1.807) is 6.07 Å². The molecule has 0 N–H and O–H groups in total. The Hall–Kier alpha value is -1.62. The van der Waals surface area contributed by atoms with Crippen molar-refractivity contribution < 1.29 is 4.79 Å². The Labute approximate surface area is 77.8 Å². The molecule has 0 radical (unpaired) electrons. The molecule has 0 bridgehead atoms. The summed E-state index contributed by atoms with van der Waals surface area (Å²) in [6.07, 6.45) is 1.36. The molecule has 1 unspecified atom stereocenters. The lowest BCUT2D eigenvalue weighted by Crippen LogP contribution is -1.97. The number of carbonyl (C=O) groups excluding carboxylic acids is 1. The van der Waals surface area contributed by atoms with Gasteiger partial charge in [0, 0.05) is 6.42 Å². The minimum Gasteiger partial charge on any atom is -0.303 e. The zero-order chi connectivity index (χ0) is 9.68. The van der Waals surface area contributed by atoms with E-state index in [0.29, 0.717) is 12.0 Å². The first-order chi connectivity index (χ1) is 6.29. The zero-order valence-electron chi connectivity index (χ0n) is 7.53. The first-order valence-corrected chi connectivity index (χ1v) is 4.22. The van der Waals surface area contributed by atoms with Crippen LogP contribution in [0.1, 0.15) is 30.4 Å². The van der Waals surface area contributed by atoms with Crippen molar-refractivity contribution in [2.75, 3.05) is 0 Å². The third-order valence-electron chi connectivity index (χ3n) is 2.06. The van der Waals surface area contributed by atoms with Crippen LogP contribution in [0.4, 0.5) is 0 Å². The summed E-state index contributed by atoms with van der Waals surface area (Å²) in [4.78, 5) is 10.3. The van der Waals surface area contributed by atoms with Crippen molar-refractivity contribution >= 4 is 6.29 Å². The summed E-state index contributed by atoms with van der Waals surface area (Å²) in [5.74, 6) is 0.133. The van der Waals surface area contributed by atoms with Gasteiger partial charge in [-0.25, -0.2) is 0 Å². The maximum Gasteiger partial charge on any atom is 0.120 e. The molecule has 0 aliphatic rings. The maximum atomic E-state index is 10.3. The molecule has 1 atom stereocenters. The maximum absolute atomic E-state index is 10.3. The smallest absolute Gasteiger partial charge is 0.120 e. The Kier molecular flexibility index (Phi) is 3.22. The van der Waals surface area contributed by atoms with Crippen LogP contribution in [0.5, 0.6) is 0 Å². The summed E-state index contributed by atoms with van der Waals surface area (Å²) in [5, 5.41) is 8.80. The van der Waals surface area contributed by atoms with E-state index in [4.69, 9.17) is 5.26 Å². The lowest BCUT2D eigenvalue weighted by Gasteiger charge is -2.08. The third-order valence-corrected chi connectivity index (χ3v) is 2.06. The fourth-order valence-corrected chi connectivity index (χ4v) is 1.30. The Morgan fingerprint density at radius 1 is 1.54 bits per heavy atom. The minimum absolute atomic E-state index is 0.133. The molecule has 0 spiro atoms. The summed E-state index contributed by atoms with van der Waals surface area (Å²) >= 11 is 0. The highest BCUT2D eigenvalue weighted by Crippen LogP contribution is 2.20. The first-order valence-electron chi connectivity index (χ1n) is 4.22. The molecule has 0 fully saturated rings. The van der Waals surface area contributed by atoms with Crippen LogP contribution in [0.3, 0.4) is 0 Å². The fraction of sp³-hybridized carbons (Fsp3) is 0.273. The Morgan fingerprint density at radius 2 is 2.23 bits per heavy atom. The van der Waals surface area contributed by atoms with Crippen LogP contribution in [0.15, 0.2) is 24.3 Å². The van der Waals surface area contributed by atoms with E-state index in [9.17, 15) is 4.79 Å². The second-order valence-electron chi connectivity index (χ2n) is 3.00. The molecule has 13 heavy (non-hydrogen) atoms. The minimum atomic E-state index is 0.133. The second kappa shape index (κ2) is 4.42. The highest BCUT2D eigenvalue weighted by atomic mass is 16.1. The van der Waals surface area contributed by atoms with E-state index in [-0.39, 0.29) is 5.92 Å². The number of nitrogens with zero attached hydrogens (tertiary/aromatic N) is 1. The number of nitriles is 1. The van der Waals surface area contributed by atoms with Gasteiger partial charge in [-0.1, -0.05) is 25.1 Å². The van der Waals surface area contributed by atoms with Crippen LogP contribution in [-0.2, 0) is 4.79 Å². The van der Waals surface area contributed by atoms with Crippen molar-refractivity contribution in [1.82, 2.24) is 0 Å². The van der Waals surface area contributed by atoms with Gasteiger partial charge in [0.25, 0.3) is 0 Å². The molecule has 2 nitrogen and oxygen atoms in total. The molecule has 2 heteroatoms. The van der Waals surface area contributed by atoms with E-state index in [2.05, 4.69) is 6.07 Å². The fourth-order valence-electron chi connectivity index (χ4n) is 1.30. The van der Waals surface area contributed by atoms with Gasteiger partial charge < -0.3 is 4.79 Å². The molecule has 1 aromatic rings. The van der Waals surface area contributed by atoms with Crippen molar-refractivity contribution in [3.05, 3.63) is 35.4 Å². The molecular formula is C11H11NO. The van der Waals surface area contributed by atoms with Crippen molar-refractivity contribution in [1.29, 1.82) is 5.26 Å². The molecule has 0 amide bonds. The van der Waals surface area contributed by atoms with E-state index in [1.165, 1.54) is 0 Å². The Bertz CT molecular complexity index is 338. The second-order valence-corrected chi connectivity index (χ2v) is 3.00. The number of rotatable bonds is 3. The van der Waals surface area contributed by atoms with Crippen LogP contribution in [0.25, 0.3) is 0 Å². The van der Waals surface area contributed by atoms with E-state index < -0.39 is 0 Å². The van der Waals surface area contributed by atoms with Crippen LogP contribution in [0, 0.1) is 11.3 Å². The van der Waals surface area contributed by atoms with E-state index in [0.717, 1.165) is 11.8 Å². The van der Waals surface area contributed by atoms with Gasteiger partial charge in [0.05, 0.1) is 11.6 Å². The summed E-state index contributed by atoms with van der Waals surface area (Å²) < 4.78 is 0. The predicted octanol–water partition coefficient (Wildman–Crippen LogP) is 2.25. The van der Waals surface area contributed by atoms with Crippen molar-refractivity contribution in [3.63, 3.8) is 0 Å². The molecule has 66 valence electrons. The normalized spacial score (nSPS) is 11.7. The largest absolute Gasteiger partial charge is 0.303 e. The monoisotopic (exact) mass is 173 g/mol. The summed E-state index contributed by atoms with van der Waals surface area (Å²) in [6.45, 7) is 1.95. The van der Waals surface area contributed by atoms with Crippen LogP contribution < -0.4 is 0 Å². The average molecular weight is 173 g/mol. The summed E-state index contributed by atoms with van der Waals surface area (Å²) in [5.41, 5.74) is 1.62. The van der Waals surface area contributed by atoms with Gasteiger partial charge in [0.2, 0.25) is 0 Å². The molecular weight excluding hydrogens is 162 g/mol. The van der Waals surface area contributed by atoms with Crippen molar-refractivity contribution in [2.45, 2.75) is 19.3 Å². The predicted molar refractivity (Wildman–Crippen MR) is 50.3 cm³/mol. The van der Waals surface area contributed by atoms with Gasteiger partial charge in [0.1, 0.15) is 6.29 Å². The van der Waals surface area contributed by atoms with Gasteiger partial charge in [-0.3, -0.25) is 0 Å². The summed E-state index contributed by atoms with van der Waals surface area (Å²) in [7, 11) is 0. The van der Waals surface area contributed by atoms with E-state index >= 15 is 0 Å².